The van der Waals surface area contributed by atoms with E-state index < -0.39 is 0 Å². The Bertz CT molecular complexity index is 798. The molecule has 4 heteroatoms. The topological polar surface area (TPSA) is 52.9 Å². The second kappa shape index (κ2) is 6.55. The van der Waals surface area contributed by atoms with Gasteiger partial charge in [0.1, 0.15) is 11.1 Å². The zero-order valence-electron chi connectivity index (χ0n) is 13.5. The fourth-order valence-corrected chi connectivity index (χ4v) is 4.42. The smallest absolute Gasteiger partial charge is 0.229 e. The first kappa shape index (κ1) is 15.8. The molecule has 0 atom stereocenters. The van der Waals surface area contributed by atoms with Gasteiger partial charge in [-0.25, -0.2) is 0 Å². The lowest BCUT2D eigenvalue weighted by atomic mass is 9.96. The van der Waals surface area contributed by atoms with Crippen LogP contribution in [0.2, 0.25) is 0 Å². The van der Waals surface area contributed by atoms with Gasteiger partial charge >= 0.3 is 0 Å². The van der Waals surface area contributed by atoms with Crippen molar-refractivity contribution in [2.75, 3.05) is 5.32 Å². The molecule has 0 saturated heterocycles. The highest BCUT2D eigenvalue weighted by molar-refractivity contribution is 7.16. The number of anilines is 1. The number of rotatable bonds is 3. The van der Waals surface area contributed by atoms with E-state index in [0.717, 1.165) is 41.0 Å². The number of hydrogen-bond donors (Lipinski definition) is 1. The predicted octanol–water partition coefficient (Wildman–Crippen LogP) is 4.30. The van der Waals surface area contributed by atoms with Crippen LogP contribution in [0.15, 0.2) is 18.2 Å². The van der Waals surface area contributed by atoms with E-state index in [9.17, 15) is 10.1 Å². The Balaban J connectivity index is 1.78. The van der Waals surface area contributed by atoms with E-state index in [1.807, 2.05) is 26.0 Å². The molecule has 0 aliphatic heterocycles. The Morgan fingerprint density at radius 1 is 1.30 bits per heavy atom. The van der Waals surface area contributed by atoms with Crippen LogP contribution in [0.25, 0.3) is 0 Å². The second-order valence-electron chi connectivity index (χ2n) is 6.18. The zero-order valence-corrected chi connectivity index (χ0v) is 14.3. The molecule has 118 valence electrons. The van der Waals surface area contributed by atoms with Gasteiger partial charge in [0.05, 0.1) is 12.0 Å². The molecule has 1 amide bonds. The van der Waals surface area contributed by atoms with Gasteiger partial charge in [-0.15, -0.1) is 11.3 Å². The maximum atomic E-state index is 12.4. The highest BCUT2D eigenvalue weighted by atomic mass is 32.1. The number of hydrogen-bond acceptors (Lipinski definition) is 3. The quantitative estimate of drug-likeness (QED) is 0.915. The van der Waals surface area contributed by atoms with Crippen molar-refractivity contribution in [3.05, 3.63) is 50.9 Å². The maximum absolute atomic E-state index is 12.4. The van der Waals surface area contributed by atoms with Gasteiger partial charge in [0.25, 0.3) is 0 Å². The average Bonchev–Trinajstić information content (AvgIpc) is 2.87. The number of benzene rings is 1. The minimum absolute atomic E-state index is 0.0490. The third-order valence-corrected chi connectivity index (χ3v) is 5.59. The zero-order chi connectivity index (χ0) is 16.4. The molecular weight excluding hydrogens is 304 g/mol. The van der Waals surface area contributed by atoms with Gasteiger partial charge in [-0.2, -0.15) is 5.26 Å². The van der Waals surface area contributed by atoms with Crippen LogP contribution < -0.4 is 5.32 Å². The normalized spacial score (nSPS) is 13.3. The number of aryl methyl sites for hydroxylation is 3. The van der Waals surface area contributed by atoms with Crippen molar-refractivity contribution >= 4 is 22.2 Å². The Morgan fingerprint density at radius 3 is 2.83 bits per heavy atom. The minimum atomic E-state index is -0.0490. The number of fused-ring (bicyclic) bond motifs is 1. The first-order valence-corrected chi connectivity index (χ1v) is 8.80. The highest BCUT2D eigenvalue weighted by Gasteiger charge is 2.21. The molecule has 2 aromatic rings. The molecule has 1 aromatic heterocycles. The summed E-state index contributed by atoms with van der Waals surface area (Å²) in [6, 6.07) is 8.41. The third kappa shape index (κ3) is 3.30. The number of carbonyl (C=O) groups excluding carboxylic acids is 1. The van der Waals surface area contributed by atoms with Gasteiger partial charge in [-0.3, -0.25) is 4.79 Å². The van der Waals surface area contributed by atoms with Crippen LogP contribution in [-0.2, 0) is 24.1 Å². The lowest BCUT2D eigenvalue weighted by molar-refractivity contribution is -0.115. The molecule has 0 saturated carbocycles. The number of nitriles is 1. The monoisotopic (exact) mass is 324 g/mol. The van der Waals surface area contributed by atoms with Crippen LogP contribution in [-0.4, -0.2) is 5.91 Å². The van der Waals surface area contributed by atoms with Gasteiger partial charge in [0.15, 0.2) is 0 Å². The standard InChI is InChI=1S/C19H20N2OS/c1-12-7-8-14(13(2)9-12)10-18(22)21-19-16(11-20)15-5-3-4-6-17(15)23-19/h7-9H,3-6,10H2,1-2H3,(H,21,22). The summed E-state index contributed by atoms with van der Waals surface area (Å²) in [4.78, 5) is 13.7. The predicted molar refractivity (Wildman–Crippen MR) is 93.9 cm³/mol. The van der Waals surface area contributed by atoms with Crippen molar-refractivity contribution in [1.29, 1.82) is 5.26 Å². The summed E-state index contributed by atoms with van der Waals surface area (Å²) in [5, 5.41) is 13.1. The molecule has 0 unspecified atom stereocenters. The van der Waals surface area contributed by atoms with E-state index in [-0.39, 0.29) is 5.91 Å². The molecule has 23 heavy (non-hydrogen) atoms. The Morgan fingerprint density at radius 2 is 2.09 bits per heavy atom. The summed E-state index contributed by atoms with van der Waals surface area (Å²) in [5.74, 6) is -0.0490. The van der Waals surface area contributed by atoms with Crippen molar-refractivity contribution in [1.82, 2.24) is 0 Å². The van der Waals surface area contributed by atoms with Crippen molar-refractivity contribution in [2.24, 2.45) is 0 Å². The Kier molecular flexibility index (Phi) is 4.49. The van der Waals surface area contributed by atoms with E-state index in [1.165, 1.54) is 16.9 Å². The summed E-state index contributed by atoms with van der Waals surface area (Å²) in [7, 11) is 0. The molecule has 3 rings (SSSR count). The number of nitrogens with one attached hydrogen (secondary N) is 1. The average molecular weight is 324 g/mol. The van der Waals surface area contributed by atoms with E-state index in [4.69, 9.17) is 0 Å². The lowest BCUT2D eigenvalue weighted by Crippen LogP contribution is -2.15. The molecule has 1 aliphatic rings. The molecule has 1 aliphatic carbocycles. The van der Waals surface area contributed by atoms with Gasteiger partial charge in [0, 0.05) is 4.88 Å². The fraction of sp³-hybridized carbons (Fsp3) is 0.368. The summed E-state index contributed by atoms with van der Waals surface area (Å²) >= 11 is 1.58. The molecule has 1 aromatic carbocycles. The summed E-state index contributed by atoms with van der Waals surface area (Å²) in [6.45, 7) is 4.08. The molecule has 1 N–H and O–H groups in total. The largest absolute Gasteiger partial charge is 0.316 e. The summed E-state index contributed by atoms with van der Waals surface area (Å²) < 4.78 is 0. The molecule has 0 spiro atoms. The fourth-order valence-electron chi connectivity index (χ4n) is 3.16. The van der Waals surface area contributed by atoms with E-state index in [0.29, 0.717) is 12.0 Å². The van der Waals surface area contributed by atoms with Crippen LogP contribution in [0, 0.1) is 25.2 Å². The molecular formula is C19H20N2OS. The van der Waals surface area contributed by atoms with E-state index in [2.05, 4.69) is 17.5 Å². The van der Waals surface area contributed by atoms with Gasteiger partial charge in [0.2, 0.25) is 5.91 Å². The van der Waals surface area contributed by atoms with Crippen molar-refractivity contribution in [2.45, 2.75) is 46.0 Å². The number of thiophene rings is 1. The van der Waals surface area contributed by atoms with Gasteiger partial charge < -0.3 is 5.32 Å². The summed E-state index contributed by atoms with van der Waals surface area (Å²) in [6.07, 6.45) is 4.64. The molecule has 0 radical (unpaired) electrons. The van der Waals surface area contributed by atoms with Gasteiger partial charge in [-0.05, 0) is 56.2 Å². The maximum Gasteiger partial charge on any atom is 0.229 e. The highest BCUT2D eigenvalue weighted by Crippen LogP contribution is 2.37. The van der Waals surface area contributed by atoms with Crippen molar-refractivity contribution in [3.63, 3.8) is 0 Å². The number of amides is 1. The SMILES string of the molecule is Cc1ccc(CC(=O)Nc2sc3c(c2C#N)CCCC3)c(C)c1. The Hall–Kier alpha value is -2.12. The summed E-state index contributed by atoms with van der Waals surface area (Å²) in [5.41, 5.74) is 5.20. The van der Waals surface area contributed by atoms with Crippen LogP contribution in [0.1, 0.15) is 45.5 Å². The number of nitrogens with zero attached hydrogens (tertiary/aromatic N) is 1. The lowest BCUT2D eigenvalue weighted by Gasteiger charge is -2.09. The number of carbonyl (C=O) groups is 1. The first-order valence-electron chi connectivity index (χ1n) is 7.99. The van der Waals surface area contributed by atoms with Gasteiger partial charge in [-0.1, -0.05) is 23.8 Å². The molecule has 1 heterocycles. The van der Waals surface area contributed by atoms with Crippen LogP contribution in [0.5, 0.6) is 0 Å². The van der Waals surface area contributed by atoms with E-state index in [1.54, 1.807) is 11.3 Å². The second-order valence-corrected chi connectivity index (χ2v) is 7.29. The Labute approximate surface area is 141 Å². The van der Waals surface area contributed by atoms with Crippen LogP contribution in [0.3, 0.4) is 0 Å². The molecule has 0 fully saturated rings. The minimum Gasteiger partial charge on any atom is -0.316 e. The van der Waals surface area contributed by atoms with Crippen LogP contribution in [0.4, 0.5) is 5.00 Å². The molecule has 3 nitrogen and oxygen atoms in total. The van der Waals surface area contributed by atoms with E-state index >= 15 is 0 Å². The van der Waals surface area contributed by atoms with Crippen molar-refractivity contribution in [3.8, 4) is 6.07 Å². The molecule has 0 bridgehead atoms. The third-order valence-electron chi connectivity index (χ3n) is 4.39. The first-order chi connectivity index (χ1) is 11.1. The van der Waals surface area contributed by atoms with Crippen LogP contribution >= 0.6 is 11.3 Å². The van der Waals surface area contributed by atoms with Crippen molar-refractivity contribution < 1.29 is 4.79 Å².